The molecule has 66 heavy (non-hydrogen) atoms. The van der Waals surface area contributed by atoms with Gasteiger partial charge in [-0.3, -0.25) is 4.79 Å². The molecule has 0 radical (unpaired) electrons. The molecule has 3 aliphatic carbocycles. The monoisotopic (exact) mass is 941 g/mol. The van der Waals surface area contributed by atoms with Gasteiger partial charge in [-0.05, 0) is 87.4 Å². The number of carbonyl (C=O) groups excluding carboxylic acids is 5. The number of rotatable bonds is 12. The Morgan fingerprint density at radius 1 is 0.955 bits per heavy atom. The van der Waals surface area contributed by atoms with E-state index in [1.165, 1.54) is 26.0 Å². The van der Waals surface area contributed by atoms with Gasteiger partial charge in [-0.1, -0.05) is 83.1 Å². The minimum Gasteiger partial charge on any atom is -0.456 e. The predicted octanol–water partition coefficient (Wildman–Crippen LogP) is 7.63. The van der Waals surface area contributed by atoms with Crippen molar-refractivity contribution in [1.29, 1.82) is 0 Å². The maximum atomic E-state index is 15.3. The summed E-state index contributed by atoms with van der Waals surface area (Å²) in [5.74, 6) is -4.45. The van der Waals surface area contributed by atoms with Gasteiger partial charge in [-0.2, -0.15) is 4.94 Å². The average Bonchev–Trinajstić information content (AvgIpc) is 3.21. The van der Waals surface area contributed by atoms with Crippen LogP contribution in [0.2, 0.25) is 0 Å². The molecule has 6 rings (SSSR count). The minimum atomic E-state index is -2.33. The third-order valence-corrected chi connectivity index (χ3v) is 18.6. The number of nitrogens with one attached hydrogen (secondary N) is 1. The molecule has 3 N–H and O–H groups in total. The van der Waals surface area contributed by atoms with Gasteiger partial charge in [0.05, 0.1) is 29.7 Å². The summed E-state index contributed by atoms with van der Waals surface area (Å²) in [6.45, 7) is 18.4. The van der Waals surface area contributed by atoms with Crippen molar-refractivity contribution in [2.45, 2.75) is 154 Å². The molecule has 1 aliphatic heterocycles. The van der Waals surface area contributed by atoms with E-state index in [-0.39, 0.29) is 41.9 Å². The molecule has 0 spiro atoms. The van der Waals surface area contributed by atoms with Crippen LogP contribution < -0.4 is 5.32 Å². The quantitative estimate of drug-likeness (QED) is 0.107. The number of amides is 1. The first-order valence-corrected chi connectivity index (χ1v) is 24.8. The zero-order chi connectivity index (χ0) is 49.2. The minimum absolute atomic E-state index is 0.0331. The topological polar surface area (TPSA) is 193 Å². The highest BCUT2D eigenvalue weighted by molar-refractivity contribution is 8.29. The van der Waals surface area contributed by atoms with Crippen molar-refractivity contribution in [3.05, 3.63) is 82.9 Å². The van der Waals surface area contributed by atoms with E-state index in [0.717, 1.165) is 0 Å². The Labute approximate surface area is 389 Å². The average molecular weight is 942 g/mol. The fourth-order valence-electron chi connectivity index (χ4n) is 10.7. The molecule has 4 aliphatic rings. The first-order valence-electron chi connectivity index (χ1n) is 22.4. The molecule has 2 bridgehead atoms. The van der Waals surface area contributed by atoms with Crippen molar-refractivity contribution in [2.75, 3.05) is 19.1 Å². The van der Waals surface area contributed by atoms with E-state index in [1.807, 2.05) is 33.3 Å². The molecule has 2 saturated carbocycles. The van der Waals surface area contributed by atoms with Crippen molar-refractivity contribution < 1.29 is 66.8 Å². The molecule has 16 heteroatoms. The lowest BCUT2D eigenvalue weighted by Gasteiger charge is -2.68. The summed E-state index contributed by atoms with van der Waals surface area (Å²) in [6, 6.07) is 15.5. The number of hydrogen-bond acceptors (Lipinski definition) is 13. The van der Waals surface area contributed by atoms with Crippen molar-refractivity contribution in [3.8, 4) is 0 Å². The van der Waals surface area contributed by atoms with Crippen LogP contribution in [-0.4, -0.2) is 112 Å². The van der Waals surface area contributed by atoms with Crippen LogP contribution in [0.15, 0.2) is 71.8 Å². The van der Waals surface area contributed by atoms with Crippen LogP contribution in [0.1, 0.15) is 117 Å². The fourth-order valence-corrected chi connectivity index (χ4v) is 11.7. The molecule has 11 atom stereocenters. The van der Waals surface area contributed by atoms with Gasteiger partial charge in [0.15, 0.2) is 11.9 Å². The number of ether oxygens (including phenoxy) is 4. The normalized spacial score (nSPS) is 31.9. The predicted molar refractivity (Wildman–Crippen MR) is 245 cm³/mol. The maximum Gasteiger partial charge on any atom is 0.408 e. The van der Waals surface area contributed by atoms with E-state index in [2.05, 4.69) is 10.3 Å². The number of alkyl carbamates (subject to hydrolysis) is 1. The molecule has 14 nitrogen and oxygen atoms in total. The molecule has 1 saturated heterocycles. The van der Waals surface area contributed by atoms with Crippen molar-refractivity contribution in [2.24, 2.45) is 22.2 Å². The van der Waals surface area contributed by atoms with E-state index in [9.17, 15) is 24.6 Å². The number of aliphatic hydroxyl groups is 2. The molecule has 3 fully saturated rings. The number of esters is 2. The van der Waals surface area contributed by atoms with E-state index < -0.39 is 121 Å². The van der Waals surface area contributed by atoms with E-state index >= 15 is 14.1 Å². The largest absolute Gasteiger partial charge is 0.456 e. The zero-order valence-electron chi connectivity index (χ0n) is 40.4. The Morgan fingerprint density at radius 3 is 2.06 bits per heavy atom. The second kappa shape index (κ2) is 18.0. The lowest BCUT2D eigenvalue weighted by atomic mass is 9.41. The molecular formula is C50H68FNO13S. The first-order chi connectivity index (χ1) is 30.5. The summed E-state index contributed by atoms with van der Waals surface area (Å²) >= 11 is 0. The number of ketones is 2. The highest BCUT2D eigenvalue weighted by Gasteiger charge is 2.77. The summed E-state index contributed by atoms with van der Waals surface area (Å²) in [7, 11) is -2.17. The van der Waals surface area contributed by atoms with Crippen molar-refractivity contribution in [1.82, 2.24) is 5.32 Å². The molecule has 2 aromatic rings. The summed E-state index contributed by atoms with van der Waals surface area (Å²) in [4.78, 5) is 76.4. The van der Waals surface area contributed by atoms with Gasteiger partial charge >= 0.3 is 18.0 Å². The van der Waals surface area contributed by atoms with Gasteiger partial charge in [0, 0.05) is 40.8 Å². The van der Waals surface area contributed by atoms with Gasteiger partial charge in [-0.25, -0.2) is 14.4 Å². The number of benzene rings is 2. The fraction of sp³-hybridized carbons (Fsp3) is 0.620. The van der Waals surface area contributed by atoms with Gasteiger partial charge in [-0.15, -0.1) is 10.3 Å². The molecule has 1 amide bonds. The third-order valence-electron chi connectivity index (χ3n) is 14.9. The highest BCUT2D eigenvalue weighted by atomic mass is 32.3. The van der Waals surface area contributed by atoms with Crippen molar-refractivity contribution >= 4 is 39.9 Å². The van der Waals surface area contributed by atoms with E-state index in [0.29, 0.717) is 5.56 Å². The summed E-state index contributed by atoms with van der Waals surface area (Å²) in [6.07, 6.45) is -7.06. The highest BCUT2D eigenvalue weighted by Crippen LogP contribution is 2.67. The maximum absolute atomic E-state index is 15.3. The van der Waals surface area contributed by atoms with Gasteiger partial charge in [0.1, 0.15) is 41.4 Å². The van der Waals surface area contributed by atoms with Gasteiger partial charge in [0.2, 0.25) is 0 Å². The molecule has 0 aromatic heterocycles. The molecule has 2 aromatic carbocycles. The second-order valence-electron chi connectivity index (χ2n) is 21.6. The Morgan fingerprint density at radius 2 is 1.55 bits per heavy atom. The van der Waals surface area contributed by atoms with Crippen LogP contribution >= 0.6 is 10.3 Å². The zero-order valence-corrected chi connectivity index (χ0v) is 41.2. The number of aliphatic hydroxyl groups excluding tert-OH is 1. The summed E-state index contributed by atoms with van der Waals surface area (Å²) in [5.41, 5.74) is -7.43. The number of fused-ring (bicyclic) bond motifs is 5. The second-order valence-corrected chi connectivity index (χ2v) is 25.5. The molecule has 5 unspecified atom stereocenters. The number of halogens is 1. The van der Waals surface area contributed by atoms with Crippen LogP contribution in [0.5, 0.6) is 0 Å². The van der Waals surface area contributed by atoms with E-state index in [1.54, 1.807) is 90.1 Å². The van der Waals surface area contributed by atoms with Crippen LogP contribution in [0.3, 0.4) is 0 Å². The Balaban J connectivity index is 1.56. The van der Waals surface area contributed by atoms with Crippen LogP contribution in [0.4, 0.5) is 9.32 Å². The number of carbonyl (C=O) groups is 5. The number of Topliss-reactive ketones (excluding diaryl/α,β-unsaturated/α-hetero) is 2. The standard InChI is InChI=1S/C50H68FNO13S/c1-28(53)25-49-27-60-34(49)24-33(64-51)48(11)39(49)41(62-42(56)31-22-18-15-19-23-31)50(59)26-32(29(2)35(47(50,9)10)37(54)40(48)55)61-43(57)38(65-66(12,13)46(6,7)8)36(30-20-16-14-17-21-30)52-44(58)63-45(3,4)5/h14-23,32-34,36-39,41,54,59H,24-27H2,1-13H3,(H,52,58)/t32-,33?,34?,36-,37?,38+,39?,41-,48+,49+,50?/m0/s1. The first kappa shape index (κ1) is 51.2. The van der Waals surface area contributed by atoms with Crippen LogP contribution in [0.25, 0.3) is 0 Å². The van der Waals surface area contributed by atoms with Crippen LogP contribution in [0, 0.1) is 22.2 Å². The summed E-state index contributed by atoms with van der Waals surface area (Å²) < 4.78 is 46.1. The van der Waals surface area contributed by atoms with Gasteiger partial charge < -0.3 is 43.5 Å². The van der Waals surface area contributed by atoms with Crippen molar-refractivity contribution in [3.63, 3.8) is 0 Å². The Hall–Kier alpha value is -4.19. The number of hydrogen-bond donors (Lipinski definition) is 3. The Kier molecular flexibility index (Phi) is 14.0. The smallest absolute Gasteiger partial charge is 0.408 e. The molecular weight excluding hydrogens is 874 g/mol. The summed E-state index contributed by atoms with van der Waals surface area (Å²) in [5, 5.41) is 29.2. The lowest BCUT2D eigenvalue weighted by molar-refractivity contribution is -0.345. The molecule has 1 heterocycles. The van der Waals surface area contributed by atoms with E-state index in [4.69, 9.17) is 23.1 Å². The Bertz CT molecular complexity index is 2220. The van der Waals surface area contributed by atoms with Crippen LogP contribution in [-0.2, 0) is 42.5 Å². The molecule has 364 valence electrons. The van der Waals surface area contributed by atoms with Gasteiger partial charge in [0.25, 0.3) is 0 Å². The third kappa shape index (κ3) is 8.98. The lowest BCUT2D eigenvalue weighted by Crippen LogP contribution is -2.78. The SMILES string of the molecule is CC(=O)C[C@@]12COC1CC(OF)[C@@]1(C)C(=O)C(O)C3=C(C)[C@@H](OC(=O)[C@H](OS(C)(C)C(C)(C)C)[C@@H](NC(=O)OC(C)(C)C)c4ccccc4)CC(O)([C@@H](OC(=O)c4ccccc4)C21)C3(C)C.